The number of fused-ring (bicyclic) bond motifs is 2. The first-order valence-corrected chi connectivity index (χ1v) is 5.40. The summed E-state index contributed by atoms with van der Waals surface area (Å²) in [6, 6.07) is 0.215. The zero-order valence-corrected chi connectivity index (χ0v) is 8.72. The van der Waals surface area contributed by atoms with Crippen molar-refractivity contribution in [1.29, 1.82) is 0 Å². The molecular weight excluding hydrogens is 180 g/mol. The fourth-order valence-corrected chi connectivity index (χ4v) is 2.57. The topological polar surface area (TPSA) is 58.7 Å². The highest BCUT2D eigenvalue weighted by atomic mass is 16.5. The summed E-state index contributed by atoms with van der Waals surface area (Å²) >= 11 is 0. The summed E-state index contributed by atoms with van der Waals surface area (Å²) in [5.74, 6) is 0.586. The monoisotopic (exact) mass is 200 g/mol. The second-order valence-electron chi connectivity index (χ2n) is 4.74. The van der Waals surface area contributed by atoms with Crippen LogP contribution in [-0.4, -0.2) is 55.0 Å². The highest BCUT2D eigenvalue weighted by molar-refractivity contribution is 4.89. The van der Waals surface area contributed by atoms with Gasteiger partial charge < -0.3 is 20.5 Å². The molecule has 2 aliphatic rings. The molecule has 0 aromatic heterocycles. The first-order chi connectivity index (χ1) is 6.66. The van der Waals surface area contributed by atoms with Gasteiger partial charge in [0.2, 0.25) is 0 Å². The molecular formula is C10H20N2O2. The normalized spacial score (nSPS) is 40.9. The maximum atomic E-state index is 9.90. The summed E-state index contributed by atoms with van der Waals surface area (Å²) in [5, 5.41) is 9.90. The SMILES string of the molecule is CC(N)CN1CC2COCC(C1)C2O. The van der Waals surface area contributed by atoms with E-state index in [0.717, 1.165) is 19.6 Å². The van der Waals surface area contributed by atoms with Crippen LogP contribution < -0.4 is 5.73 Å². The van der Waals surface area contributed by atoms with Gasteiger partial charge in [0.1, 0.15) is 0 Å². The van der Waals surface area contributed by atoms with Crippen LogP contribution in [0.3, 0.4) is 0 Å². The summed E-state index contributed by atoms with van der Waals surface area (Å²) in [7, 11) is 0. The Bertz CT molecular complexity index is 185. The summed E-state index contributed by atoms with van der Waals surface area (Å²) < 4.78 is 5.44. The summed E-state index contributed by atoms with van der Waals surface area (Å²) in [4.78, 5) is 2.36. The Morgan fingerprint density at radius 1 is 1.43 bits per heavy atom. The second kappa shape index (κ2) is 4.14. The highest BCUT2D eigenvalue weighted by Crippen LogP contribution is 2.27. The van der Waals surface area contributed by atoms with E-state index in [1.807, 2.05) is 6.92 Å². The molecule has 0 aliphatic carbocycles. The third kappa shape index (κ3) is 2.08. The molecule has 2 saturated heterocycles. The summed E-state index contributed by atoms with van der Waals surface area (Å²) in [5.41, 5.74) is 5.77. The lowest BCUT2D eigenvalue weighted by molar-refractivity contribution is -0.124. The standard InChI is InChI=1S/C10H20N2O2/c1-7(11)2-12-3-8-5-14-6-9(4-12)10(8)13/h7-10,13H,2-6,11H2,1H3. The van der Waals surface area contributed by atoms with E-state index in [4.69, 9.17) is 10.5 Å². The molecule has 0 saturated carbocycles. The molecule has 3 unspecified atom stereocenters. The minimum Gasteiger partial charge on any atom is -0.392 e. The average Bonchev–Trinajstić information content (AvgIpc) is 2.05. The zero-order chi connectivity index (χ0) is 10.1. The lowest BCUT2D eigenvalue weighted by Gasteiger charge is -2.45. The number of hydrogen-bond acceptors (Lipinski definition) is 4. The van der Waals surface area contributed by atoms with E-state index in [1.165, 1.54) is 0 Å². The molecule has 2 aliphatic heterocycles. The maximum absolute atomic E-state index is 9.90. The van der Waals surface area contributed by atoms with Crippen molar-refractivity contribution in [3.8, 4) is 0 Å². The van der Waals surface area contributed by atoms with Crippen LogP contribution in [0.4, 0.5) is 0 Å². The van der Waals surface area contributed by atoms with E-state index in [0.29, 0.717) is 25.0 Å². The van der Waals surface area contributed by atoms with Crippen LogP contribution in [0.25, 0.3) is 0 Å². The predicted octanol–water partition coefficient (Wildman–Crippen LogP) is -0.727. The number of ether oxygens (including phenoxy) is 1. The van der Waals surface area contributed by atoms with Crippen molar-refractivity contribution in [2.75, 3.05) is 32.8 Å². The molecule has 3 N–H and O–H groups in total. The van der Waals surface area contributed by atoms with Gasteiger partial charge in [-0.3, -0.25) is 0 Å². The summed E-state index contributed by atoms with van der Waals surface area (Å²) in [6.45, 7) is 6.22. The molecule has 0 aromatic rings. The molecule has 2 bridgehead atoms. The molecule has 2 heterocycles. The van der Waals surface area contributed by atoms with E-state index >= 15 is 0 Å². The number of piperidine rings is 1. The Kier molecular flexibility index (Phi) is 3.07. The van der Waals surface area contributed by atoms with Crippen molar-refractivity contribution in [1.82, 2.24) is 4.90 Å². The molecule has 3 atom stereocenters. The third-order valence-corrected chi connectivity index (χ3v) is 3.16. The fraction of sp³-hybridized carbons (Fsp3) is 1.00. The first-order valence-electron chi connectivity index (χ1n) is 5.40. The Labute approximate surface area is 85.0 Å². The Balaban J connectivity index is 1.93. The molecule has 4 nitrogen and oxygen atoms in total. The Morgan fingerprint density at radius 3 is 2.50 bits per heavy atom. The number of likely N-dealkylation sites (tertiary alicyclic amines) is 1. The number of rotatable bonds is 2. The second-order valence-corrected chi connectivity index (χ2v) is 4.74. The van der Waals surface area contributed by atoms with E-state index in [9.17, 15) is 5.11 Å². The van der Waals surface area contributed by atoms with Gasteiger partial charge in [0.25, 0.3) is 0 Å². The molecule has 0 aromatic carbocycles. The van der Waals surface area contributed by atoms with Gasteiger partial charge in [-0.2, -0.15) is 0 Å². The van der Waals surface area contributed by atoms with Gasteiger partial charge in [-0.25, -0.2) is 0 Å². The van der Waals surface area contributed by atoms with Gasteiger partial charge in [-0.1, -0.05) is 0 Å². The van der Waals surface area contributed by atoms with Gasteiger partial charge in [-0.15, -0.1) is 0 Å². The Morgan fingerprint density at radius 2 is 2.00 bits per heavy atom. The van der Waals surface area contributed by atoms with Crippen LogP contribution in [-0.2, 0) is 4.74 Å². The smallest absolute Gasteiger partial charge is 0.0665 e. The Hall–Kier alpha value is -0.160. The predicted molar refractivity (Wildman–Crippen MR) is 53.9 cm³/mol. The van der Waals surface area contributed by atoms with Crippen molar-refractivity contribution in [3.63, 3.8) is 0 Å². The summed E-state index contributed by atoms with van der Waals surface area (Å²) in [6.07, 6.45) is -0.159. The molecule has 14 heavy (non-hydrogen) atoms. The largest absolute Gasteiger partial charge is 0.392 e. The van der Waals surface area contributed by atoms with E-state index in [2.05, 4.69) is 4.90 Å². The lowest BCUT2D eigenvalue weighted by atomic mass is 9.84. The fourth-order valence-electron chi connectivity index (χ4n) is 2.57. The van der Waals surface area contributed by atoms with Crippen LogP contribution in [0.1, 0.15) is 6.92 Å². The van der Waals surface area contributed by atoms with Gasteiger partial charge >= 0.3 is 0 Å². The molecule has 82 valence electrons. The van der Waals surface area contributed by atoms with Gasteiger partial charge in [-0.05, 0) is 6.92 Å². The van der Waals surface area contributed by atoms with Crippen molar-refractivity contribution in [3.05, 3.63) is 0 Å². The number of nitrogens with two attached hydrogens (primary N) is 1. The number of aliphatic hydroxyl groups excluding tert-OH is 1. The maximum Gasteiger partial charge on any atom is 0.0665 e. The number of nitrogens with zero attached hydrogens (tertiary/aromatic N) is 1. The molecule has 2 fully saturated rings. The molecule has 4 heteroatoms. The number of aliphatic hydroxyl groups is 1. The number of hydrogen-bond donors (Lipinski definition) is 2. The van der Waals surface area contributed by atoms with Crippen LogP contribution >= 0.6 is 0 Å². The van der Waals surface area contributed by atoms with Crippen LogP contribution in [0.2, 0.25) is 0 Å². The third-order valence-electron chi connectivity index (χ3n) is 3.16. The minimum absolute atomic E-state index is 0.159. The van der Waals surface area contributed by atoms with Crippen LogP contribution in [0, 0.1) is 11.8 Å². The van der Waals surface area contributed by atoms with Crippen molar-refractivity contribution < 1.29 is 9.84 Å². The molecule has 0 amide bonds. The van der Waals surface area contributed by atoms with Crippen LogP contribution in [0.15, 0.2) is 0 Å². The van der Waals surface area contributed by atoms with Gasteiger partial charge in [0, 0.05) is 37.5 Å². The van der Waals surface area contributed by atoms with Crippen molar-refractivity contribution in [2.24, 2.45) is 17.6 Å². The first kappa shape index (κ1) is 10.4. The average molecular weight is 200 g/mol. The van der Waals surface area contributed by atoms with Crippen LogP contribution in [0.5, 0.6) is 0 Å². The quantitative estimate of drug-likeness (QED) is 0.617. The van der Waals surface area contributed by atoms with Gasteiger partial charge in [0.15, 0.2) is 0 Å². The van der Waals surface area contributed by atoms with Crippen molar-refractivity contribution >= 4 is 0 Å². The minimum atomic E-state index is -0.159. The van der Waals surface area contributed by atoms with E-state index < -0.39 is 0 Å². The molecule has 0 radical (unpaired) electrons. The van der Waals surface area contributed by atoms with Gasteiger partial charge in [0.05, 0.1) is 19.3 Å². The molecule has 2 rings (SSSR count). The highest BCUT2D eigenvalue weighted by Gasteiger charge is 2.38. The molecule has 0 spiro atoms. The lowest BCUT2D eigenvalue weighted by Crippen LogP contribution is -2.56. The van der Waals surface area contributed by atoms with E-state index in [-0.39, 0.29) is 12.1 Å². The zero-order valence-electron chi connectivity index (χ0n) is 8.72. The van der Waals surface area contributed by atoms with Crippen molar-refractivity contribution in [2.45, 2.75) is 19.1 Å². The van der Waals surface area contributed by atoms with E-state index in [1.54, 1.807) is 0 Å².